The van der Waals surface area contributed by atoms with E-state index in [2.05, 4.69) is 25.3 Å². The fraction of sp³-hybridized carbons (Fsp3) is 0.357. The van der Waals surface area contributed by atoms with Crippen molar-refractivity contribution in [3.05, 3.63) is 23.8 Å². The number of H-pyrrole nitrogens is 1. The van der Waals surface area contributed by atoms with E-state index in [1.54, 1.807) is 18.2 Å². The Kier molecular flexibility index (Phi) is 4.42. The minimum absolute atomic E-state index is 0.117. The highest BCUT2D eigenvalue weighted by Crippen LogP contribution is 2.16. The van der Waals surface area contributed by atoms with E-state index >= 15 is 0 Å². The first-order chi connectivity index (χ1) is 10.0. The molecular formula is C14H18N4O3. The van der Waals surface area contributed by atoms with Crippen LogP contribution in [0, 0.1) is 0 Å². The molecule has 0 aliphatic heterocycles. The number of nitrogens with one attached hydrogen (secondary N) is 3. The molecule has 1 aromatic carbocycles. The number of carbonyl (C=O) groups excluding carboxylic acids is 2. The number of benzene rings is 1. The lowest BCUT2D eigenvalue weighted by atomic mass is 10.1. The van der Waals surface area contributed by atoms with Gasteiger partial charge in [0.2, 0.25) is 5.95 Å². The van der Waals surface area contributed by atoms with Crippen molar-refractivity contribution in [2.75, 3.05) is 12.4 Å². The van der Waals surface area contributed by atoms with Crippen molar-refractivity contribution in [1.29, 1.82) is 0 Å². The predicted octanol–water partition coefficient (Wildman–Crippen LogP) is 2.27. The molecule has 7 nitrogen and oxygen atoms in total. The third-order valence-corrected chi connectivity index (χ3v) is 3.14. The van der Waals surface area contributed by atoms with Crippen LogP contribution in [-0.4, -0.2) is 35.1 Å². The fourth-order valence-corrected chi connectivity index (χ4v) is 1.77. The Morgan fingerprint density at radius 2 is 2.19 bits per heavy atom. The number of amides is 2. The summed E-state index contributed by atoms with van der Waals surface area (Å²) in [5.41, 5.74) is 1.86. The third kappa shape index (κ3) is 3.50. The monoisotopic (exact) mass is 290 g/mol. The molecule has 2 aromatic rings. The summed E-state index contributed by atoms with van der Waals surface area (Å²) in [5.74, 6) is 0.139. The Balaban J connectivity index is 2.21. The molecule has 0 aliphatic rings. The summed E-state index contributed by atoms with van der Waals surface area (Å²) in [5, 5.41) is 5.34. The number of aromatic nitrogens is 2. The van der Waals surface area contributed by atoms with Gasteiger partial charge in [0.05, 0.1) is 18.1 Å². The highest BCUT2D eigenvalue weighted by molar-refractivity contribution is 5.98. The van der Waals surface area contributed by atoms with Crippen LogP contribution in [0.15, 0.2) is 18.2 Å². The van der Waals surface area contributed by atoms with E-state index in [1.165, 1.54) is 7.11 Å². The SMILES string of the molecule is CCC(C)NC(=O)c1ccc2nc(NC(=O)OC)[nH]c2c1. The molecular weight excluding hydrogens is 272 g/mol. The smallest absolute Gasteiger partial charge is 0.413 e. The molecule has 7 heteroatoms. The van der Waals surface area contributed by atoms with Crippen molar-refractivity contribution in [3.63, 3.8) is 0 Å². The van der Waals surface area contributed by atoms with Gasteiger partial charge in [-0.05, 0) is 31.5 Å². The van der Waals surface area contributed by atoms with Crippen molar-refractivity contribution in [3.8, 4) is 0 Å². The van der Waals surface area contributed by atoms with Crippen LogP contribution in [-0.2, 0) is 4.74 Å². The van der Waals surface area contributed by atoms with Crippen LogP contribution in [0.3, 0.4) is 0 Å². The topological polar surface area (TPSA) is 96.1 Å². The lowest BCUT2D eigenvalue weighted by Crippen LogP contribution is -2.31. The first-order valence-corrected chi connectivity index (χ1v) is 6.69. The molecule has 1 unspecified atom stereocenters. The van der Waals surface area contributed by atoms with E-state index < -0.39 is 6.09 Å². The number of fused-ring (bicyclic) bond motifs is 1. The first-order valence-electron chi connectivity index (χ1n) is 6.69. The molecule has 0 radical (unpaired) electrons. The van der Waals surface area contributed by atoms with Crippen molar-refractivity contribution in [2.24, 2.45) is 0 Å². The van der Waals surface area contributed by atoms with E-state index in [1.807, 2.05) is 13.8 Å². The Bertz CT molecular complexity index is 665. The largest absolute Gasteiger partial charge is 0.453 e. The zero-order chi connectivity index (χ0) is 15.4. The second-order valence-corrected chi connectivity index (χ2v) is 4.72. The number of hydrogen-bond acceptors (Lipinski definition) is 4. The van der Waals surface area contributed by atoms with Gasteiger partial charge in [0, 0.05) is 11.6 Å². The van der Waals surface area contributed by atoms with Crippen LogP contribution in [0.2, 0.25) is 0 Å². The lowest BCUT2D eigenvalue weighted by molar-refractivity contribution is 0.0939. The highest BCUT2D eigenvalue weighted by Gasteiger charge is 2.11. The molecule has 0 spiro atoms. The van der Waals surface area contributed by atoms with Gasteiger partial charge in [0.25, 0.3) is 5.91 Å². The molecule has 0 saturated heterocycles. The van der Waals surface area contributed by atoms with Crippen LogP contribution in [0.1, 0.15) is 30.6 Å². The Hall–Kier alpha value is -2.57. The summed E-state index contributed by atoms with van der Waals surface area (Å²) < 4.78 is 4.49. The number of imidazole rings is 1. The number of rotatable bonds is 4. The van der Waals surface area contributed by atoms with Crippen molar-refractivity contribution >= 4 is 29.0 Å². The van der Waals surface area contributed by atoms with Gasteiger partial charge in [-0.1, -0.05) is 6.92 Å². The van der Waals surface area contributed by atoms with E-state index in [0.29, 0.717) is 16.6 Å². The summed E-state index contributed by atoms with van der Waals surface area (Å²) in [6, 6.07) is 5.23. The van der Waals surface area contributed by atoms with Crippen LogP contribution in [0.4, 0.5) is 10.7 Å². The number of ether oxygens (including phenoxy) is 1. The van der Waals surface area contributed by atoms with Gasteiger partial charge in [0.15, 0.2) is 0 Å². The summed E-state index contributed by atoms with van der Waals surface area (Å²) in [6.07, 6.45) is 0.259. The zero-order valence-corrected chi connectivity index (χ0v) is 12.2. The van der Waals surface area contributed by atoms with Crippen molar-refractivity contribution in [2.45, 2.75) is 26.3 Å². The number of hydrogen-bond donors (Lipinski definition) is 3. The average molecular weight is 290 g/mol. The number of methoxy groups -OCH3 is 1. The van der Waals surface area contributed by atoms with Gasteiger partial charge in [-0.25, -0.2) is 9.78 Å². The van der Waals surface area contributed by atoms with Crippen LogP contribution < -0.4 is 10.6 Å². The van der Waals surface area contributed by atoms with Gasteiger partial charge in [0.1, 0.15) is 0 Å². The maximum atomic E-state index is 12.1. The van der Waals surface area contributed by atoms with E-state index in [0.717, 1.165) is 6.42 Å². The quantitative estimate of drug-likeness (QED) is 0.804. The molecule has 1 heterocycles. The molecule has 2 rings (SSSR count). The number of carbonyl (C=O) groups is 2. The van der Waals surface area contributed by atoms with E-state index in [4.69, 9.17) is 0 Å². The van der Waals surface area contributed by atoms with E-state index in [9.17, 15) is 9.59 Å². The van der Waals surface area contributed by atoms with Crippen molar-refractivity contribution in [1.82, 2.24) is 15.3 Å². The molecule has 3 N–H and O–H groups in total. The van der Waals surface area contributed by atoms with E-state index in [-0.39, 0.29) is 17.9 Å². The van der Waals surface area contributed by atoms with Gasteiger partial charge in [-0.15, -0.1) is 0 Å². The maximum Gasteiger partial charge on any atom is 0.413 e. The maximum absolute atomic E-state index is 12.1. The van der Waals surface area contributed by atoms with Crippen LogP contribution in [0.25, 0.3) is 11.0 Å². The summed E-state index contributed by atoms with van der Waals surface area (Å²) in [6.45, 7) is 3.96. The minimum Gasteiger partial charge on any atom is -0.453 e. The van der Waals surface area contributed by atoms with Gasteiger partial charge in [-0.2, -0.15) is 0 Å². The summed E-state index contributed by atoms with van der Waals surface area (Å²) in [7, 11) is 1.27. The number of nitrogens with zero attached hydrogens (tertiary/aromatic N) is 1. The first kappa shape index (κ1) is 14.8. The molecule has 1 atom stereocenters. The highest BCUT2D eigenvalue weighted by atomic mass is 16.5. The Morgan fingerprint density at radius 1 is 1.43 bits per heavy atom. The van der Waals surface area contributed by atoms with Gasteiger partial charge in [-0.3, -0.25) is 10.1 Å². The Morgan fingerprint density at radius 3 is 2.86 bits per heavy atom. The second-order valence-electron chi connectivity index (χ2n) is 4.72. The molecule has 0 fully saturated rings. The minimum atomic E-state index is -0.608. The number of aromatic amines is 1. The lowest BCUT2D eigenvalue weighted by Gasteiger charge is -2.11. The zero-order valence-electron chi connectivity index (χ0n) is 12.2. The molecule has 21 heavy (non-hydrogen) atoms. The predicted molar refractivity (Wildman–Crippen MR) is 79.3 cm³/mol. The van der Waals surface area contributed by atoms with Gasteiger partial charge < -0.3 is 15.0 Å². The molecule has 0 aliphatic carbocycles. The van der Waals surface area contributed by atoms with Crippen molar-refractivity contribution < 1.29 is 14.3 Å². The van der Waals surface area contributed by atoms with Gasteiger partial charge >= 0.3 is 6.09 Å². The standard InChI is InChI=1S/C14H18N4O3/c1-4-8(2)15-12(19)9-5-6-10-11(7-9)17-13(16-10)18-14(20)21-3/h5-8H,4H2,1-3H3,(H,15,19)(H2,16,17,18,20). The molecule has 2 amide bonds. The summed E-state index contributed by atoms with van der Waals surface area (Å²) >= 11 is 0. The van der Waals surface area contributed by atoms with Crippen LogP contribution >= 0.6 is 0 Å². The second kappa shape index (κ2) is 6.25. The molecule has 112 valence electrons. The number of anilines is 1. The average Bonchev–Trinajstić information content (AvgIpc) is 2.87. The molecule has 0 saturated carbocycles. The fourth-order valence-electron chi connectivity index (χ4n) is 1.77. The molecule has 1 aromatic heterocycles. The summed E-state index contributed by atoms with van der Waals surface area (Å²) in [4.78, 5) is 30.3. The normalized spacial score (nSPS) is 12.0. The molecule has 0 bridgehead atoms. The third-order valence-electron chi connectivity index (χ3n) is 3.14. The Labute approximate surface area is 122 Å². The van der Waals surface area contributed by atoms with Crippen LogP contribution in [0.5, 0.6) is 0 Å².